The van der Waals surface area contributed by atoms with Gasteiger partial charge in [-0.2, -0.15) is 0 Å². The smallest absolute Gasteiger partial charge is 0.335 e. The van der Waals surface area contributed by atoms with Gasteiger partial charge in [0.1, 0.15) is 5.57 Å². The summed E-state index contributed by atoms with van der Waals surface area (Å²) < 4.78 is 2.07. The first-order valence-electron chi connectivity index (χ1n) is 9.59. The van der Waals surface area contributed by atoms with Crippen molar-refractivity contribution in [3.8, 4) is 0 Å². The maximum absolute atomic E-state index is 13.2. The van der Waals surface area contributed by atoms with Crippen LogP contribution in [0.1, 0.15) is 16.8 Å². The Labute approximate surface area is 174 Å². The number of hydrogen-bond donors (Lipinski definition) is 1. The molecule has 1 N–H and O–H groups in total. The van der Waals surface area contributed by atoms with E-state index in [0.717, 1.165) is 32.6 Å². The second kappa shape index (κ2) is 7.48. The molecule has 6 heteroatoms. The van der Waals surface area contributed by atoms with Gasteiger partial charge in [-0.05, 0) is 38.1 Å². The number of amides is 4. The molecule has 3 aromatic rings. The molecular formula is C24H21N3O3. The van der Waals surface area contributed by atoms with Gasteiger partial charge in [0.25, 0.3) is 11.8 Å². The number of allylic oxidation sites excluding steroid dienone is 1. The van der Waals surface area contributed by atoms with Crippen LogP contribution in [0.2, 0.25) is 0 Å². The molecule has 4 rings (SSSR count). The zero-order valence-corrected chi connectivity index (χ0v) is 16.8. The summed E-state index contributed by atoms with van der Waals surface area (Å²) in [5, 5.41) is 3.20. The highest BCUT2D eigenvalue weighted by molar-refractivity contribution is 6.39. The number of carbonyl (C=O) groups is 3. The second-order valence-electron chi connectivity index (χ2n) is 7.21. The molecule has 0 bridgehead atoms. The van der Waals surface area contributed by atoms with Crippen molar-refractivity contribution in [2.75, 3.05) is 4.90 Å². The van der Waals surface area contributed by atoms with Crippen LogP contribution in [-0.2, 0) is 16.1 Å². The van der Waals surface area contributed by atoms with Crippen LogP contribution in [0.15, 0.2) is 66.8 Å². The quantitative estimate of drug-likeness (QED) is 0.408. The first-order valence-corrected chi connectivity index (χ1v) is 9.59. The van der Waals surface area contributed by atoms with Crippen LogP contribution in [0, 0.1) is 13.8 Å². The number of para-hydroxylation sites is 1. The predicted molar refractivity (Wildman–Crippen MR) is 117 cm³/mol. The van der Waals surface area contributed by atoms with Crippen molar-refractivity contribution < 1.29 is 14.4 Å². The van der Waals surface area contributed by atoms with Gasteiger partial charge in [0.05, 0.1) is 5.69 Å². The average Bonchev–Trinajstić information content (AvgIpc) is 2.98. The molecule has 30 heavy (non-hydrogen) atoms. The number of rotatable bonds is 4. The summed E-state index contributed by atoms with van der Waals surface area (Å²) in [5.41, 5.74) is 3.98. The van der Waals surface area contributed by atoms with Crippen LogP contribution in [0.3, 0.4) is 0 Å². The minimum Gasteiger partial charge on any atom is -0.340 e. The van der Waals surface area contributed by atoms with Crippen molar-refractivity contribution in [3.05, 3.63) is 83.6 Å². The molecule has 0 unspecified atom stereocenters. The number of nitrogens with one attached hydrogen (secondary N) is 1. The topological polar surface area (TPSA) is 71.4 Å². The number of benzene rings is 2. The third-order valence-electron chi connectivity index (χ3n) is 5.27. The summed E-state index contributed by atoms with van der Waals surface area (Å²) in [6.07, 6.45) is 3.37. The van der Waals surface area contributed by atoms with Crippen LogP contribution in [0.25, 0.3) is 17.0 Å². The number of imide groups is 2. The highest BCUT2D eigenvalue weighted by Gasteiger charge is 2.37. The largest absolute Gasteiger partial charge is 0.340 e. The zero-order valence-electron chi connectivity index (χ0n) is 16.8. The average molecular weight is 399 g/mol. The summed E-state index contributed by atoms with van der Waals surface area (Å²) in [6.45, 7) is 8.26. The van der Waals surface area contributed by atoms with E-state index in [1.165, 1.54) is 0 Å². The number of barbiturate groups is 1. The highest BCUT2D eigenvalue weighted by atomic mass is 16.2. The molecular weight excluding hydrogens is 378 g/mol. The first kappa shape index (κ1) is 19.4. The number of urea groups is 1. The van der Waals surface area contributed by atoms with Crippen LogP contribution in [-0.4, -0.2) is 22.4 Å². The lowest BCUT2D eigenvalue weighted by Gasteiger charge is -2.26. The molecule has 150 valence electrons. The molecule has 2 aromatic carbocycles. The molecule has 6 nitrogen and oxygen atoms in total. The van der Waals surface area contributed by atoms with Gasteiger partial charge < -0.3 is 4.57 Å². The predicted octanol–water partition coefficient (Wildman–Crippen LogP) is 4.11. The number of fused-ring (bicyclic) bond motifs is 1. The van der Waals surface area contributed by atoms with Gasteiger partial charge in [0.2, 0.25) is 0 Å². The molecule has 0 radical (unpaired) electrons. The molecule has 1 saturated heterocycles. The van der Waals surface area contributed by atoms with Gasteiger partial charge in [-0.1, -0.05) is 42.0 Å². The van der Waals surface area contributed by atoms with Crippen molar-refractivity contribution in [2.45, 2.75) is 20.4 Å². The summed E-state index contributed by atoms with van der Waals surface area (Å²) >= 11 is 0. The van der Waals surface area contributed by atoms with E-state index in [1.54, 1.807) is 24.3 Å². The van der Waals surface area contributed by atoms with E-state index in [9.17, 15) is 14.4 Å². The number of anilines is 1. The van der Waals surface area contributed by atoms with Crippen molar-refractivity contribution in [2.24, 2.45) is 0 Å². The molecule has 1 aromatic heterocycles. The number of carbonyl (C=O) groups excluding carboxylic acids is 3. The van der Waals surface area contributed by atoms with Crippen LogP contribution < -0.4 is 10.2 Å². The third-order valence-corrected chi connectivity index (χ3v) is 5.27. The van der Waals surface area contributed by atoms with E-state index in [-0.39, 0.29) is 5.57 Å². The lowest BCUT2D eigenvalue weighted by Crippen LogP contribution is -2.54. The fourth-order valence-corrected chi connectivity index (χ4v) is 3.73. The Balaban J connectivity index is 1.85. The van der Waals surface area contributed by atoms with Gasteiger partial charge in [-0.15, -0.1) is 6.58 Å². The van der Waals surface area contributed by atoms with Gasteiger partial charge in [0.15, 0.2) is 0 Å². The minimum atomic E-state index is -0.753. The van der Waals surface area contributed by atoms with Crippen molar-refractivity contribution in [3.63, 3.8) is 0 Å². The zero-order chi connectivity index (χ0) is 21.4. The Morgan fingerprint density at radius 3 is 2.40 bits per heavy atom. The summed E-state index contributed by atoms with van der Waals surface area (Å²) in [7, 11) is 0. The van der Waals surface area contributed by atoms with Gasteiger partial charge in [-0.3, -0.25) is 14.9 Å². The molecule has 2 heterocycles. The van der Waals surface area contributed by atoms with E-state index in [4.69, 9.17) is 0 Å². The Bertz CT molecular complexity index is 1230. The number of aryl methyl sites for hydroxylation is 1. The van der Waals surface area contributed by atoms with Crippen LogP contribution in [0.4, 0.5) is 10.5 Å². The second-order valence-corrected chi connectivity index (χ2v) is 7.21. The van der Waals surface area contributed by atoms with Crippen LogP contribution >= 0.6 is 0 Å². The maximum Gasteiger partial charge on any atom is 0.335 e. The SMILES string of the molecule is C=CCn1c(C)c(/C=C2/C(=O)NC(=O)N(c3ccc(C)cc3)C2=O)c2ccccc21. The molecule has 1 fully saturated rings. The highest BCUT2D eigenvalue weighted by Crippen LogP contribution is 2.29. The molecule has 4 amide bonds. The third kappa shape index (κ3) is 3.12. The maximum atomic E-state index is 13.2. The van der Waals surface area contributed by atoms with Crippen LogP contribution in [0.5, 0.6) is 0 Å². The van der Waals surface area contributed by atoms with Crippen molar-refractivity contribution in [1.82, 2.24) is 9.88 Å². The van der Waals surface area contributed by atoms with E-state index in [0.29, 0.717) is 12.2 Å². The Morgan fingerprint density at radius 2 is 1.70 bits per heavy atom. The lowest BCUT2D eigenvalue weighted by molar-refractivity contribution is -0.122. The summed E-state index contributed by atoms with van der Waals surface area (Å²) in [4.78, 5) is 39.1. The molecule has 1 aliphatic rings. The van der Waals surface area contributed by atoms with Gasteiger partial charge in [-0.25, -0.2) is 9.69 Å². The molecule has 0 spiro atoms. The number of aromatic nitrogens is 1. The molecule has 1 aliphatic heterocycles. The Kier molecular flexibility index (Phi) is 4.83. The minimum absolute atomic E-state index is 0.0835. The fraction of sp³-hybridized carbons (Fsp3) is 0.125. The normalized spacial score (nSPS) is 15.7. The van der Waals surface area contributed by atoms with E-state index < -0.39 is 17.8 Å². The molecule has 0 saturated carbocycles. The number of hydrogen-bond acceptors (Lipinski definition) is 3. The first-order chi connectivity index (χ1) is 14.4. The molecule has 0 aliphatic carbocycles. The Hall–Kier alpha value is -3.93. The fourth-order valence-electron chi connectivity index (χ4n) is 3.73. The van der Waals surface area contributed by atoms with Crippen molar-refractivity contribution in [1.29, 1.82) is 0 Å². The standard InChI is InChI=1S/C24H21N3O3/c1-4-13-26-16(3)19(18-7-5-6-8-21(18)26)14-20-22(28)25-24(30)27(23(20)29)17-11-9-15(2)10-12-17/h4-12,14H,1,13H2,2-3H3,(H,25,28,30)/b20-14-. The summed E-state index contributed by atoms with van der Waals surface area (Å²) in [5.74, 6) is -1.35. The monoisotopic (exact) mass is 399 g/mol. The van der Waals surface area contributed by atoms with E-state index in [2.05, 4.69) is 16.5 Å². The molecule has 0 atom stereocenters. The van der Waals surface area contributed by atoms with Gasteiger partial charge in [0, 0.05) is 28.7 Å². The van der Waals surface area contributed by atoms with E-state index in [1.807, 2.05) is 50.2 Å². The van der Waals surface area contributed by atoms with Crippen molar-refractivity contribution >= 4 is 40.5 Å². The Morgan fingerprint density at radius 1 is 1.00 bits per heavy atom. The van der Waals surface area contributed by atoms with Gasteiger partial charge >= 0.3 is 6.03 Å². The number of nitrogens with zero attached hydrogens (tertiary/aromatic N) is 2. The lowest BCUT2D eigenvalue weighted by atomic mass is 10.0. The van der Waals surface area contributed by atoms with E-state index >= 15 is 0 Å². The summed E-state index contributed by atoms with van der Waals surface area (Å²) in [6, 6.07) is 14.0.